The van der Waals surface area contributed by atoms with Gasteiger partial charge in [-0.25, -0.2) is 0 Å². The van der Waals surface area contributed by atoms with Crippen LogP contribution in [0.3, 0.4) is 0 Å². The third-order valence-corrected chi connectivity index (χ3v) is 4.44. The van der Waals surface area contributed by atoms with Crippen LogP contribution in [0.5, 0.6) is 0 Å². The van der Waals surface area contributed by atoms with Gasteiger partial charge in [-0.1, -0.05) is 0 Å². The van der Waals surface area contributed by atoms with Gasteiger partial charge in [0.25, 0.3) is 0 Å². The van der Waals surface area contributed by atoms with Gasteiger partial charge in [-0.2, -0.15) is 0 Å². The lowest BCUT2D eigenvalue weighted by Gasteiger charge is -2.44. The van der Waals surface area contributed by atoms with Crippen LogP contribution in [-0.2, 0) is 33.3 Å². The van der Waals surface area contributed by atoms with Crippen molar-refractivity contribution in [2.45, 2.75) is 69.0 Å². The van der Waals surface area contributed by atoms with Crippen LogP contribution in [0.2, 0.25) is 0 Å². The van der Waals surface area contributed by atoms with Gasteiger partial charge in [-0.05, 0) is 0 Å². The van der Waals surface area contributed by atoms with Crippen LogP contribution >= 0.6 is 0 Å². The Balaban J connectivity index is 2.10. The van der Waals surface area contributed by atoms with Crippen molar-refractivity contribution in [3.63, 3.8) is 0 Å². The fraction of sp³-hybridized carbons (Fsp3) is 0.875. The molecule has 2 rings (SSSR count). The van der Waals surface area contributed by atoms with E-state index in [4.69, 9.17) is 23.7 Å². The van der Waals surface area contributed by atoms with Crippen molar-refractivity contribution in [3.8, 4) is 0 Å². The number of aliphatic hydroxyl groups is 5. The minimum Gasteiger partial charge on any atom is -0.463 e. The van der Waals surface area contributed by atoms with E-state index in [0.717, 1.165) is 6.92 Å². The van der Waals surface area contributed by atoms with E-state index in [2.05, 4.69) is 0 Å². The van der Waals surface area contributed by atoms with Crippen LogP contribution in [0.1, 0.15) is 13.8 Å². The lowest BCUT2D eigenvalue weighted by molar-refractivity contribution is -0.336. The maximum atomic E-state index is 11.0. The molecule has 2 heterocycles. The Morgan fingerprint density at radius 1 is 0.857 bits per heavy atom. The molecule has 0 aromatic carbocycles. The van der Waals surface area contributed by atoms with Crippen LogP contribution in [0.25, 0.3) is 0 Å². The Morgan fingerprint density at radius 2 is 1.43 bits per heavy atom. The van der Waals surface area contributed by atoms with E-state index in [1.807, 2.05) is 0 Å². The maximum Gasteiger partial charge on any atom is 0.302 e. The molecule has 0 aliphatic carbocycles. The molecule has 162 valence electrons. The van der Waals surface area contributed by atoms with Gasteiger partial charge >= 0.3 is 11.9 Å². The molecule has 0 radical (unpaired) electrons. The number of hydrogen-bond acceptors (Lipinski definition) is 12. The summed E-state index contributed by atoms with van der Waals surface area (Å²) in [6.45, 7) is 1.37. The Hall–Kier alpha value is -1.38. The lowest BCUT2D eigenvalue weighted by atomic mass is 9.97. The van der Waals surface area contributed by atoms with E-state index in [1.165, 1.54) is 6.92 Å². The predicted octanol–water partition coefficient (Wildman–Crippen LogP) is -3.57. The standard InChI is InChI=1S/C16H26O12/c1-6(17)24-4-9-12(21)13(22)14(23)16(27-9)28-15-10(5-25-7(2)18)26-3-8(19)11(15)20/h8-16,19-23H,3-5H2,1-2H3. The van der Waals surface area contributed by atoms with Crippen molar-refractivity contribution in [1.29, 1.82) is 0 Å². The normalized spacial score (nSPS) is 41.3. The molecule has 5 N–H and O–H groups in total. The van der Waals surface area contributed by atoms with Gasteiger partial charge < -0.3 is 49.2 Å². The Labute approximate surface area is 160 Å². The summed E-state index contributed by atoms with van der Waals surface area (Å²) in [5.41, 5.74) is 0. The zero-order valence-electron chi connectivity index (χ0n) is 15.4. The van der Waals surface area contributed by atoms with Gasteiger partial charge in [0.15, 0.2) is 6.29 Å². The van der Waals surface area contributed by atoms with Crippen molar-refractivity contribution in [2.24, 2.45) is 0 Å². The van der Waals surface area contributed by atoms with Crippen LogP contribution in [0.4, 0.5) is 0 Å². The fourth-order valence-electron chi connectivity index (χ4n) is 2.89. The molecule has 12 nitrogen and oxygen atoms in total. The van der Waals surface area contributed by atoms with E-state index >= 15 is 0 Å². The zero-order valence-corrected chi connectivity index (χ0v) is 15.4. The molecule has 28 heavy (non-hydrogen) atoms. The van der Waals surface area contributed by atoms with Gasteiger partial charge in [-0.15, -0.1) is 0 Å². The highest BCUT2D eigenvalue weighted by Gasteiger charge is 2.49. The molecule has 12 heteroatoms. The lowest BCUT2D eigenvalue weighted by Crippen LogP contribution is -2.63. The molecule has 0 spiro atoms. The van der Waals surface area contributed by atoms with Gasteiger partial charge in [-0.3, -0.25) is 9.59 Å². The third-order valence-electron chi connectivity index (χ3n) is 4.44. The minimum absolute atomic E-state index is 0.239. The first kappa shape index (κ1) is 22.9. The molecule has 2 aliphatic heterocycles. The zero-order chi connectivity index (χ0) is 21.0. The Morgan fingerprint density at radius 3 is 2.00 bits per heavy atom. The number of ether oxygens (including phenoxy) is 5. The van der Waals surface area contributed by atoms with Crippen molar-refractivity contribution in [1.82, 2.24) is 0 Å². The highest BCUT2D eigenvalue weighted by molar-refractivity contribution is 5.66. The van der Waals surface area contributed by atoms with E-state index in [9.17, 15) is 35.1 Å². The number of carbonyl (C=O) groups excluding carboxylic acids is 2. The molecule has 0 saturated carbocycles. The topological polar surface area (TPSA) is 181 Å². The van der Waals surface area contributed by atoms with Crippen LogP contribution in [0, 0.1) is 0 Å². The number of carbonyl (C=O) groups is 2. The summed E-state index contributed by atoms with van der Waals surface area (Å²) in [6.07, 6.45) is -12.8. The summed E-state index contributed by atoms with van der Waals surface area (Å²) in [5, 5.41) is 50.2. The van der Waals surface area contributed by atoms with Crippen LogP contribution in [-0.4, -0.2) is 112 Å². The van der Waals surface area contributed by atoms with Gasteiger partial charge in [0, 0.05) is 13.8 Å². The molecule has 2 saturated heterocycles. The largest absolute Gasteiger partial charge is 0.463 e. The molecule has 2 aliphatic rings. The number of esters is 2. The minimum atomic E-state index is -1.72. The average Bonchev–Trinajstić information content (AvgIpc) is 2.63. The highest BCUT2D eigenvalue weighted by Crippen LogP contribution is 2.27. The number of rotatable bonds is 6. The molecule has 9 unspecified atom stereocenters. The van der Waals surface area contributed by atoms with E-state index in [-0.39, 0.29) is 13.2 Å². The molecule has 2 fully saturated rings. The van der Waals surface area contributed by atoms with Crippen LogP contribution < -0.4 is 0 Å². The molecular formula is C16H26O12. The summed E-state index contributed by atoms with van der Waals surface area (Å²) >= 11 is 0. The molecular weight excluding hydrogens is 384 g/mol. The third kappa shape index (κ3) is 5.58. The first-order valence-electron chi connectivity index (χ1n) is 8.71. The molecule has 0 aromatic heterocycles. The summed E-state index contributed by atoms with van der Waals surface area (Å²) in [4.78, 5) is 22.0. The van der Waals surface area contributed by atoms with Gasteiger partial charge in [0.05, 0.1) is 6.61 Å². The molecule has 0 amide bonds. The summed E-state index contributed by atoms with van der Waals surface area (Å²) in [5.74, 6) is -1.24. The summed E-state index contributed by atoms with van der Waals surface area (Å²) in [7, 11) is 0. The second kappa shape index (κ2) is 9.89. The van der Waals surface area contributed by atoms with Crippen molar-refractivity contribution in [2.75, 3.05) is 19.8 Å². The number of aliphatic hydroxyl groups excluding tert-OH is 5. The molecule has 9 atom stereocenters. The van der Waals surface area contributed by atoms with Crippen molar-refractivity contribution in [3.05, 3.63) is 0 Å². The van der Waals surface area contributed by atoms with Gasteiger partial charge in [0.2, 0.25) is 0 Å². The first-order chi connectivity index (χ1) is 13.1. The second-order valence-corrected chi connectivity index (χ2v) is 6.65. The average molecular weight is 410 g/mol. The SMILES string of the molecule is CC(=O)OCC1OC(OC2C(COC(C)=O)OCC(O)C2O)C(O)C(O)C1O. The van der Waals surface area contributed by atoms with E-state index in [1.54, 1.807) is 0 Å². The Bertz CT molecular complexity index is 542. The first-order valence-corrected chi connectivity index (χ1v) is 8.71. The summed E-state index contributed by atoms with van der Waals surface area (Å²) in [6, 6.07) is 0. The van der Waals surface area contributed by atoms with Crippen molar-refractivity contribution >= 4 is 11.9 Å². The van der Waals surface area contributed by atoms with Crippen LogP contribution in [0.15, 0.2) is 0 Å². The van der Waals surface area contributed by atoms with E-state index in [0.29, 0.717) is 0 Å². The second-order valence-electron chi connectivity index (χ2n) is 6.65. The highest BCUT2D eigenvalue weighted by atomic mass is 16.7. The quantitative estimate of drug-likeness (QED) is 0.272. The number of hydrogen-bond donors (Lipinski definition) is 5. The molecule has 0 aromatic rings. The Kier molecular flexibility index (Phi) is 8.09. The summed E-state index contributed by atoms with van der Waals surface area (Å²) < 4.78 is 25.8. The van der Waals surface area contributed by atoms with E-state index < -0.39 is 73.7 Å². The molecule has 0 bridgehead atoms. The smallest absolute Gasteiger partial charge is 0.302 e. The van der Waals surface area contributed by atoms with Gasteiger partial charge in [0.1, 0.15) is 62.0 Å². The maximum absolute atomic E-state index is 11.0. The van der Waals surface area contributed by atoms with Crippen molar-refractivity contribution < 1.29 is 58.8 Å². The fourth-order valence-corrected chi connectivity index (χ4v) is 2.89. The monoisotopic (exact) mass is 410 g/mol. The predicted molar refractivity (Wildman–Crippen MR) is 86.6 cm³/mol.